The largest absolute Gasteiger partial charge is 0.346 e. The molecule has 0 saturated carbocycles. The van der Waals surface area contributed by atoms with Gasteiger partial charge in [-0.25, -0.2) is 0 Å². The van der Waals surface area contributed by atoms with Crippen LogP contribution in [0.3, 0.4) is 0 Å². The minimum Gasteiger partial charge on any atom is -0.346 e. The summed E-state index contributed by atoms with van der Waals surface area (Å²) in [6.45, 7) is 2.45. The first kappa shape index (κ1) is 9.53. The summed E-state index contributed by atoms with van der Waals surface area (Å²) in [5.41, 5.74) is 0. The summed E-state index contributed by atoms with van der Waals surface area (Å²) in [7, 11) is 0. The summed E-state index contributed by atoms with van der Waals surface area (Å²) < 4.78 is 2.04. The molecule has 3 rings (SSSR count). The van der Waals surface area contributed by atoms with E-state index >= 15 is 0 Å². The van der Waals surface area contributed by atoms with Crippen molar-refractivity contribution in [2.24, 2.45) is 0 Å². The molecule has 0 aromatic carbocycles. The van der Waals surface area contributed by atoms with Crippen molar-refractivity contribution in [2.75, 3.05) is 11.4 Å². The van der Waals surface area contributed by atoms with E-state index in [0.29, 0.717) is 11.7 Å². The van der Waals surface area contributed by atoms with E-state index in [1.165, 1.54) is 0 Å². The second-order valence-corrected chi connectivity index (χ2v) is 3.96. The van der Waals surface area contributed by atoms with Gasteiger partial charge in [0.1, 0.15) is 6.33 Å². The molecule has 1 aliphatic rings. The van der Waals surface area contributed by atoms with E-state index in [1.54, 1.807) is 12.4 Å². The summed E-state index contributed by atoms with van der Waals surface area (Å²) in [6.07, 6.45) is 1.75. The molecule has 2 aromatic heterocycles. The third kappa shape index (κ3) is 1.61. The first-order chi connectivity index (χ1) is 7.83. The number of rotatable bonds is 1. The highest BCUT2D eigenvalue weighted by Gasteiger charge is 2.18. The normalized spacial score (nSPS) is 14.9. The summed E-state index contributed by atoms with van der Waals surface area (Å²) in [4.78, 5) is 2.10. The second-order valence-electron chi connectivity index (χ2n) is 3.58. The number of anilines is 1. The lowest BCUT2D eigenvalue weighted by molar-refractivity contribution is 0.554. The van der Waals surface area contributed by atoms with Crippen LogP contribution in [0.15, 0.2) is 18.5 Å². The van der Waals surface area contributed by atoms with Gasteiger partial charge in [-0.1, -0.05) is 11.6 Å². The molecule has 0 aliphatic carbocycles. The van der Waals surface area contributed by atoms with Gasteiger partial charge in [0.25, 0.3) is 0 Å². The number of aromatic nitrogens is 5. The molecule has 0 N–H and O–H groups in total. The van der Waals surface area contributed by atoms with Crippen LogP contribution < -0.4 is 4.90 Å². The van der Waals surface area contributed by atoms with E-state index in [-0.39, 0.29) is 0 Å². The van der Waals surface area contributed by atoms with Gasteiger partial charge < -0.3 is 9.47 Å². The number of hydrogen-bond acceptors (Lipinski definition) is 5. The molecule has 6 nitrogen and oxygen atoms in total. The van der Waals surface area contributed by atoms with Crippen LogP contribution >= 0.6 is 11.6 Å². The maximum Gasteiger partial charge on any atom is 0.152 e. The maximum absolute atomic E-state index is 5.70. The fourth-order valence-electron chi connectivity index (χ4n) is 1.74. The van der Waals surface area contributed by atoms with E-state index in [4.69, 9.17) is 11.6 Å². The molecule has 16 heavy (non-hydrogen) atoms. The molecule has 0 spiro atoms. The minimum absolute atomic E-state index is 0.406. The second kappa shape index (κ2) is 3.71. The van der Waals surface area contributed by atoms with Crippen LogP contribution in [0, 0.1) is 0 Å². The number of nitrogens with zero attached hydrogens (tertiary/aromatic N) is 6. The van der Waals surface area contributed by atoms with Crippen LogP contribution in [-0.4, -0.2) is 31.5 Å². The molecule has 0 atom stereocenters. The summed E-state index contributed by atoms with van der Waals surface area (Å²) in [5.74, 6) is 1.77. The van der Waals surface area contributed by atoms with E-state index in [9.17, 15) is 0 Å². The van der Waals surface area contributed by atoms with E-state index in [2.05, 4.69) is 25.3 Å². The third-order valence-electron chi connectivity index (χ3n) is 2.58. The average molecular weight is 237 g/mol. The van der Waals surface area contributed by atoms with Gasteiger partial charge in [-0.15, -0.1) is 20.4 Å². The molecular formula is C9H9ClN6. The zero-order valence-corrected chi connectivity index (χ0v) is 9.17. The van der Waals surface area contributed by atoms with Gasteiger partial charge >= 0.3 is 0 Å². The third-order valence-corrected chi connectivity index (χ3v) is 2.78. The van der Waals surface area contributed by atoms with Crippen LogP contribution in [0.25, 0.3) is 0 Å². The van der Waals surface area contributed by atoms with Crippen molar-refractivity contribution in [1.82, 2.24) is 25.0 Å². The van der Waals surface area contributed by atoms with Crippen LogP contribution in [0.4, 0.5) is 5.82 Å². The Labute approximate surface area is 96.9 Å². The summed E-state index contributed by atoms with van der Waals surface area (Å²) in [6, 6.07) is 3.60. The molecule has 0 bridgehead atoms. The first-order valence-corrected chi connectivity index (χ1v) is 5.31. The Hall–Kier alpha value is -1.69. The van der Waals surface area contributed by atoms with Gasteiger partial charge in [0.05, 0.1) is 6.54 Å². The van der Waals surface area contributed by atoms with E-state index in [1.807, 2.05) is 10.6 Å². The lowest BCUT2D eigenvalue weighted by Crippen LogP contribution is -2.34. The van der Waals surface area contributed by atoms with Gasteiger partial charge in [-0.2, -0.15) is 0 Å². The Kier molecular flexibility index (Phi) is 2.21. The smallest absolute Gasteiger partial charge is 0.152 e. The highest BCUT2D eigenvalue weighted by atomic mass is 35.5. The fraction of sp³-hybridized carbons (Fsp3) is 0.333. The molecule has 2 aromatic rings. The molecule has 7 heteroatoms. The van der Waals surface area contributed by atoms with E-state index in [0.717, 1.165) is 24.7 Å². The fourth-order valence-corrected chi connectivity index (χ4v) is 1.84. The molecule has 3 heterocycles. The topological polar surface area (TPSA) is 59.7 Å². The molecule has 0 radical (unpaired) electrons. The molecule has 82 valence electrons. The molecule has 1 aliphatic heterocycles. The van der Waals surface area contributed by atoms with Gasteiger partial charge in [-0.05, 0) is 12.1 Å². The van der Waals surface area contributed by atoms with Crippen molar-refractivity contribution in [3.05, 3.63) is 29.4 Å². The lowest BCUT2D eigenvalue weighted by atomic mass is 10.3. The van der Waals surface area contributed by atoms with Crippen molar-refractivity contribution in [3.8, 4) is 0 Å². The number of fused-ring (bicyclic) bond motifs is 1. The monoisotopic (exact) mass is 236 g/mol. The lowest BCUT2D eigenvalue weighted by Gasteiger charge is -2.27. The SMILES string of the molecule is Clc1ccc(N2CCn3cnnc3C2)nn1. The molecular weight excluding hydrogens is 228 g/mol. The zero-order chi connectivity index (χ0) is 11.0. The predicted molar refractivity (Wildman–Crippen MR) is 58.1 cm³/mol. The first-order valence-electron chi connectivity index (χ1n) is 4.94. The van der Waals surface area contributed by atoms with Gasteiger partial charge in [0, 0.05) is 13.1 Å². The van der Waals surface area contributed by atoms with Gasteiger partial charge in [0.15, 0.2) is 16.8 Å². The van der Waals surface area contributed by atoms with Crippen molar-refractivity contribution in [2.45, 2.75) is 13.1 Å². The van der Waals surface area contributed by atoms with Crippen LogP contribution in [-0.2, 0) is 13.1 Å². The Morgan fingerprint density at radius 3 is 2.88 bits per heavy atom. The van der Waals surface area contributed by atoms with Gasteiger partial charge in [0.2, 0.25) is 0 Å². The number of halogens is 1. The maximum atomic E-state index is 5.70. The van der Waals surface area contributed by atoms with Crippen molar-refractivity contribution < 1.29 is 0 Å². The van der Waals surface area contributed by atoms with Crippen LogP contribution in [0.1, 0.15) is 5.82 Å². The van der Waals surface area contributed by atoms with Crippen molar-refractivity contribution in [1.29, 1.82) is 0 Å². The molecule has 0 unspecified atom stereocenters. The van der Waals surface area contributed by atoms with Crippen LogP contribution in [0.5, 0.6) is 0 Å². The Morgan fingerprint density at radius 2 is 2.06 bits per heavy atom. The minimum atomic E-state index is 0.406. The van der Waals surface area contributed by atoms with Gasteiger partial charge in [-0.3, -0.25) is 0 Å². The number of hydrogen-bond donors (Lipinski definition) is 0. The highest BCUT2D eigenvalue weighted by molar-refractivity contribution is 6.29. The summed E-state index contributed by atoms with van der Waals surface area (Å²) in [5, 5.41) is 16.2. The van der Waals surface area contributed by atoms with Crippen molar-refractivity contribution in [3.63, 3.8) is 0 Å². The summed E-state index contributed by atoms with van der Waals surface area (Å²) >= 11 is 5.70. The van der Waals surface area contributed by atoms with E-state index < -0.39 is 0 Å². The zero-order valence-electron chi connectivity index (χ0n) is 8.41. The molecule has 0 fully saturated rings. The molecule has 0 saturated heterocycles. The Balaban J connectivity index is 1.86. The standard InChI is InChI=1S/C9H9ClN6/c10-7-1-2-8(14-12-7)15-3-4-16-6-11-13-9(16)5-15/h1-2,6H,3-5H2. The average Bonchev–Trinajstić information content (AvgIpc) is 2.77. The predicted octanol–water partition coefficient (Wildman–Crippen LogP) is 0.742. The Morgan fingerprint density at radius 1 is 1.12 bits per heavy atom. The Bertz CT molecular complexity index is 493. The van der Waals surface area contributed by atoms with Crippen molar-refractivity contribution >= 4 is 17.4 Å². The molecule has 0 amide bonds. The quantitative estimate of drug-likeness (QED) is 0.731. The highest BCUT2D eigenvalue weighted by Crippen LogP contribution is 2.17. The van der Waals surface area contributed by atoms with Crippen LogP contribution in [0.2, 0.25) is 5.15 Å².